The largest absolute Gasteiger partial charge is 0.464 e. The Balaban J connectivity index is 2.83. The predicted molar refractivity (Wildman–Crippen MR) is 52.1 cm³/mol. The maximum Gasteiger partial charge on any atom is 0.420 e. The smallest absolute Gasteiger partial charge is 0.420 e. The molecule has 78 valence electrons. The summed E-state index contributed by atoms with van der Waals surface area (Å²) in [5, 5.41) is 0.308. The van der Waals surface area contributed by atoms with Crippen LogP contribution in [0.1, 0.15) is 5.56 Å². The fourth-order valence-electron chi connectivity index (χ4n) is 1.27. The van der Waals surface area contributed by atoms with Gasteiger partial charge in [-0.25, -0.2) is 0 Å². The first-order valence-corrected chi connectivity index (χ1v) is 4.49. The number of fused-ring (bicyclic) bond motifs is 1. The first-order chi connectivity index (χ1) is 7.00. The fraction of sp³-hybridized carbons (Fsp3) is 0.100. The topological polar surface area (TPSA) is 13.1 Å². The van der Waals surface area contributed by atoms with Gasteiger partial charge in [-0.05, 0) is 12.1 Å². The minimum Gasteiger partial charge on any atom is -0.464 e. The molecule has 1 heterocycles. The molecule has 0 amide bonds. The van der Waals surface area contributed by atoms with Crippen molar-refractivity contribution < 1.29 is 17.6 Å². The first kappa shape index (κ1) is 10.2. The molecule has 0 spiro atoms. The number of benzene rings is 1. The molecular formula is C10H5F3OS. The Hall–Kier alpha value is -1.36. The van der Waals surface area contributed by atoms with Gasteiger partial charge in [-0.2, -0.15) is 13.2 Å². The fourth-order valence-corrected chi connectivity index (χ4v) is 1.61. The van der Waals surface area contributed by atoms with Crippen LogP contribution in [0.15, 0.2) is 34.9 Å². The van der Waals surface area contributed by atoms with Crippen LogP contribution in [0.2, 0.25) is 0 Å². The van der Waals surface area contributed by atoms with Crippen LogP contribution >= 0.6 is 12.2 Å². The van der Waals surface area contributed by atoms with Gasteiger partial charge in [0.25, 0.3) is 0 Å². The number of rotatable bonds is 0. The molecule has 1 nitrogen and oxygen atoms in total. The summed E-state index contributed by atoms with van der Waals surface area (Å²) in [6.45, 7) is 0. The summed E-state index contributed by atoms with van der Waals surface area (Å²) in [4.78, 5) is 0. The SMILES string of the molecule is FC(F)(F)c1coc2ccccc2c1=S. The molecule has 5 heteroatoms. The normalized spacial score (nSPS) is 11.9. The van der Waals surface area contributed by atoms with Gasteiger partial charge in [0.2, 0.25) is 0 Å². The third kappa shape index (κ3) is 1.74. The van der Waals surface area contributed by atoms with Crippen LogP contribution in [-0.2, 0) is 6.18 Å². The van der Waals surface area contributed by atoms with Gasteiger partial charge in [0, 0.05) is 5.39 Å². The zero-order valence-electron chi connectivity index (χ0n) is 7.34. The molecular weight excluding hydrogens is 225 g/mol. The van der Waals surface area contributed by atoms with Crippen molar-refractivity contribution in [2.24, 2.45) is 0 Å². The molecule has 0 aliphatic rings. The van der Waals surface area contributed by atoms with E-state index < -0.39 is 11.7 Å². The Morgan fingerprint density at radius 3 is 2.47 bits per heavy atom. The molecule has 1 aromatic heterocycles. The lowest BCUT2D eigenvalue weighted by Crippen LogP contribution is -2.05. The molecule has 15 heavy (non-hydrogen) atoms. The van der Waals surface area contributed by atoms with Gasteiger partial charge in [0.15, 0.2) is 0 Å². The van der Waals surface area contributed by atoms with E-state index in [0.29, 0.717) is 17.2 Å². The molecule has 1 aromatic carbocycles. The summed E-state index contributed by atoms with van der Waals surface area (Å²) in [7, 11) is 0. The molecule has 0 fully saturated rings. The molecule has 0 saturated carbocycles. The Kier molecular flexibility index (Phi) is 2.26. The molecule has 0 aliphatic heterocycles. The Labute approximate surface area is 88.1 Å². The van der Waals surface area contributed by atoms with Crippen LogP contribution in [0.4, 0.5) is 13.2 Å². The van der Waals surface area contributed by atoms with Gasteiger partial charge >= 0.3 is 6.18 Å². The van der Waals surface area contributed by atoms with Crippen LogP contribution in [0.3, 0.4) is 0 Å². The van der Waals surface area contributed by atoms with Crippen LogP contribution < -0.4 is 0 Å². The Morgan fingerprint density at radius 1 is 1.13 bits per heavy atom. The highest BCUT2D eigenvalue weighted by molar-refractivity contribution is 7.71. The maximum absolute atomic E-state index is 12.4. The summed E-state index contributed by atoms with van der Waals surface area (Å²) in [5.74, 6) is 0. The third-order valence-corrected chi connectivity index (χ3v) is 2.43. The summed E-state index contributed by atoms with van der Waals surface area (Å²) >= 11 is 4.76. The second-order valence-corrected chi connectivity index (χ2v) is 3.38. The highest BCUT2D eigenvalue weighted by atomic mass is 32.1. The molecule has 0 bridgehead atoms. The average Bonchev–Trinajstić information content (AvgIpc) is 2.16. The first-order valence-electron chi connectivity index (χ1n) is 4.08. The van der Waals surface area contributed by atoms with Crippen molar-refractivity contribution in [1.82, 2.24) is 0 Å². The van der Waals surface area contributed by atoms with Gasteiger partial charge in [-0.1, -0.05) is 24.4 Å². The lowest BCUT2D eigenvalue weighted by molar-refractivity contribution is -0.138. The van der Waals surface area contributed by atoms with Crippen molar-refractivity contribution in [3.63, 3.8) is 0 Å². The van der Waals surface area contributed by atoms with Crippen molar-refractivity contribution >= 4 is 23.2 Å². The molecule has 0 radical (unpaired) electrons. The van der Waals surface area contributed by atoms with E-state index in [1.807, 2.05) is 0 Å². The Bertz CT molecular complexity index is 556. The van der Waals surface area contributed by atoms with Gasteiger partial charge in [-0.3, -0.25) is 0 Å². The molecule has 2 rings (SSSR count). The van der Waals surface area contributed by atoms with Crippen molar-refractivity contribution in [3.05, 3.63) is 40.6 Å². The second-order valence-electron chi connectivity index (χ2n) is 2.97. The van der Waals surface area contributed by atoms with E-state index in [1.54, 1.807) is 18.2 Å². The van der Waals surface area contributed by atoms with Crippen molar-refractivity contribution in [3.8, 4) is 0 Å². The molecule has 0 unspecified atom stereocenters. The molecule has 0 N–H and O–H groups in total. The van der Waals surface area contributed by atoms with Crippen LogP contribution in [0.5, 0.6) is 0 Å². The predicted octanol–water partition coefficient (Wildman–Crippen LogP) is 4.18. The number of hydrogen-bond donors (Lipinski definition) is 0. The van der Waals surface area contributed by atoms with Gasteiger partial charge in [0.1, 0.15) is 17.4 Å². The van der Waals surface area contributed by atoms with Gasteiger partial charge in [-0.15, -0.1) is 0 Å². The zero-order valence-corrected chi connectivity index (χ0v) is 8.15. The third-order valence-electron chi connectivity index (χ3n) is 1.99. The lowest BCUT2D eigenvalue weighted by Gasteiger charge is -2.06. The highest BCUT2D eigenvalue weighted by Crippen LogP contribution is 2.32. The van der Waals surface area contributed by atoms with E-state index in [0.717, 1.165) is 0 Å². The summed E-state index contributed by atoms with van der Waals surface area (Å²) in [6.07, 6.45) is -3.81. The van der Waals surface area contributed by atoms with Crippen molar-refractivity contribution in [2.75, 3.05) is 0 Å². The van der Waals surface area contributed by atoms with E-state index >= 15 is 0 Å². The van der Waals surface area contributed by atoms with Gasteiger partial charge < -0.3 is 4.42 Å². The lowest BCUT2D eigenvalue weighted by atomic mass is 10.2. The second kappa shape index (κ2) is 3.34. The standard InChI is InChI=1S/C10H5F3OS/c11-10(12,13)7-5-14-8-4-2-1-3-6(8)9(7)15/h1-5H. The average molecular weight is 230 g/mol. The number of hydrogen-bond acceptors (Lipinski definition) is 2. The minimum absolute atomic E-state index is 0.218. The Morgan fingerprint density at radius 2 is 1.80 bits per heavy atom. The van der Waals surface area contributed by atoms with E-state index in [-0.39, 0.29) is 4.51 Å². The van der Waals surface area contributed by atoms with E-state index in [9.17, 15) is 13.2 Å². The van der Waals surface area contributed by atoms with E-state index in [1.165, 1.54) is 6.07 Å². The van der Waals surface area contributed by atoms with Crippen LogP contribution in [0.25, 0.3) is 11.0 Å². The molecule has 0 aliphatic carbocycles. The van der Waals surface area contributed by atoms with Crippen molar-refractivity contribution in [1.29, 1.82) is 0 Å². The van der Waals surface area contributed by atoms with Gasteiger partial charge in [0.05, 0.1) is 4.51 Å². The van der Waals surface area contributed by atoms with Crippen LogP contribution in [0, 0.1) is 4.51 Å². The summed E-state index contributed by atoms with van der Waals surface area (Å²) < 4.78 is 42.0. The maximum atomic E-state index is 12.4. The highest BCUT2D eigenvalue weighted by Gasteiger charge is 2.33. The van der Waals surface area contributed by atoms with E-state index in [2.05, 4.69) is 0 Å². The molecule has 0 saturated heterocycles. The monoisotopic (exact) mass is 230 g/mol. The van der Waals surface area contributed by atoms with E-state index in [4.69, 9.17) is 16.6 Å². The summed E-state index contributed by atoms with van der Waals surface area (Å²) in [6, 6.07) is 6.38. The molecule has 2 aromatic rings. The number of para-hydroxylation sites is 1. The minimum atomic E-state index is -4.47. The zero-order chi connectivity index (χ0) is 11.1. The molecule has 0 atom stereocenters. The van der Waals surface area contributed by atoms with Crippen molar-refractivity contribution in [2.45, 2.75) is 6.18 Å². The summed E-state index contributed by atoms with van der Waals surface area (Å²) in [5.41, 5.74) is -0.549. The quantitative estimate of drug-likeness (QED) is 0.630. The van der Waals surface area contributed by atoms with Crippen LogP contribution in [-0.4, -0.2) is 0 Å². The number of alkyl halides is 3. The number of halogens is 3.